The largest absolute Gasteiger partial charge is 0.394 e. The Morgan fingerprint density at radius 3 is 2.73 bits per heavy atom. The summed E-state index contributed by atoms with van der Waals surface area (Å²) in [5, 5.41) is 11.2. The molecule has 1 amide bonds. The number of amides is 1. The molecule has 0 fully saturated rings. The van der Waals surface area contributed by atoms with E-state index in [2.05, 4.69) is 11.9 Å². The van der Waals surface area contributed by atoms with Crippen LogP contribution in [0.4, 0.5) is 0 Å². The van der Waals surface area contributed by atoms with Crippen LogP contribution in [0.3, 0.4) is 0 Å². The van der Waals surface area contributed by atoms with Gasteiger partial charge in [-0.3, -0.25) is 4.79 Å². The van der Waals surface area contributed by atoms with Gasteiger partial charge in [0.25, 0.3) is 0 Å². The Bertz CT molecular complexity index is 163. The lowest BCUT2D eigenvalue weighted by atomic mass is 10.1. The molecule has 62 valence electrons. The van der Waals surface area contributed by atoms with Crippen molar-refractivity contribution in [2.24, 2.45) is 0 Å². The zero-order chi connectivity index (χ0) is 8.69. The maximum atomic E-state index is 10.0. The summed E-state index contributed by atoms with van der Waals surface area (Å²) in [7, 11) is 0. The molecule has 0 aliphatic heterocycles. The summed E-state index contributed by atoms with van der Waals surface area (Å²) >= 11 is 0. The van der Waals surface area contributed by atoms with Crippen molar-refractivity contribution in [2.45, 2.75) is 13.0 Å². The molecule has 0 bridgehead atoms. The summed E-state index contributed by atoms with van der Waals surface area (Å²) in [6.45, 7) is 5.27. The maximum Gasteiger partial charge on any atom is 0.207 e. The number of nitrogens with one attached hydrogen (secondary N) is 1. The van der Waals surface area contributed by atoms with Crippen molar-refractivity contribution >= 4 is 6.41 Å². The third-order valence-corrected chi connectivity index (χ3v) is 1.42. The number of hydrogen-bond donors (Lipinski definition) is 2. The van der Waals surface area contributed by atoms with Crippen LogP contribution in [0.5, 0.6) is 0 Å². The molecule has 0 rings (SSSR count). The van der Waals surface area contributed by atoms with E-state index in [9.17, 15) is 4.79 Å². The first-order valence-electron chi connectivity index (χ1n) is 3.39. The molecule has 0 aliphatic carbocycles. The Morgan fingerprint density at radius 1 is 1.82 bits per heavy atom. The van der Waals surface area contributed by atoms with Crippen LogP contribution in [-0.2, 0) is 4.79 Å². The average molecular weight is 155 g/mol. The topological polar surface area (TPSA) is 49.3 Å². The van der Waals surface area contributed by atoms with E-state index < -0.39 is 0 Å². The molecule has 1 atom stereocenters. The predicted octanol–water partition coefficient (Wildman–Crippen LogP) is 0.226. The fourth-order valence-electron chi connectivity index (χ4n) is 0.798. The Kier molecular flexibility index (Phi) is 5.11. The highest BCUT2D eigenvalue weighted by Gasteiger charge is 2.06. The van der Waals surface area contributed by atoms with Crippen molar-refractivity contribution in [3.8, 4) is 0 Å². The highest BCUT2D eigenvalue weighted by atomic mass is 16.3. The van der Waals surface area contributed by atoms with Crippen molar-refractivity contribution in [1.82, 2.24) is 5.32 Å². The number of carbonyl (C=O) groups excluding carboxylic acids is 1. The third-order valence-electron chi connectivity index (χ3n) is 1.42. The minimum Gasteiger partial charge on any atom is -0.394 e. The molecular formula is C8H13NO2. The van der Waals surface area contributed by atoms with Crippen LogP contribution in [0.2, 0.25) is 0 Å². The number of rotatable bonds is 5. The first-order chi connectivity index (χ1) is 5.29. The molecule has 0 aliphatic rings. The quantitative estimate of drug-likeness (QED) is 0.441. The van der Waals surface area contributed by atoms with E-state index in [1.807, 2.05) is 6.92 Å². The lowest BCUT2D eigenvalue weighted by Crippen LogP contribution is -2.32. The predicted molar refractivity (Wildman–Crippen MR) is 44.0 cm³/mol. The zero-order valence-electron chi connectivity index (χ0n) is 6.58. The van der Waals surface area contributed by atoms with Gasteiger partial charge in [0.05, 0.1) is 12.6 Å². The van der Waals surface area contributed by atoms with Gasteiger partial charge in [-0.2, -0.15) is 0 Å². The van der Waals surface area contributed by atoms with E-state index in [-0.39, 0.29) is 12.6 Å². The summed E-state index contributed by atoms with van der Waals surface area (Å²) in [5.41, 5.74) is 0.819. The molecule has 1 unspecified atom stereocenters. The van der Waals surface area contributed by atoms with E-state index in [4.69, 9.17) is 5.11 Å². The second-order valence-corrected chi connectivity index (χ2v) is 2.01. The normalized spacial score (nSPS) is 13.8. The van der Waals surface area contributed by atoms with Crippen molar-refractivity contribution in [3.05, 3.63) is 24.3 Å². The van der Waals surface area contributed by atoms with Crippen LogP contribution in [0.25, 0.3) is 0 Å². The fraction of sp³-hybridized carbons (Fsp3) is 0.375. The summed E-state index contributed by atoms with van der Waals surface area (Å²) in [6, 6.07) is -0.324. The molecule has 0 aromatic carbocycles. The van der Waals surface area contributed by atoms with Gasteiger partial charge in [-0.1, -0.05) is 18.7 Å². The smallest absolute Gasteiger partial charge is 0.207 e. The van der Waals surface area contributed by atoms with Gasteiger partial charge in [-0.25, -0.2) is 0 Å². The van der Waals surface area contributed by atoms with Crippen LogP contribution < -0.4 is 5.32 Å². The minimum atomic E-state index is -0.324. The van der Waals surface area contributed by atoms with Crippen molar-refractivity contribution in [1.29, 1.82) is 0 Å². The van der Waals surface area contributed by atoms with Crippen LogP contribution in [0, 0.1) is 0 Å². The van der Waals surface area contributed by atoms with Crippen LogP contribution in [0.15, 0.2) is 24.3 Å². The standard InChI is InChI=1S/C8H13NO2/c1-3-7(4-2)8(5-10)9-6-11/h3-4,6,8,10H,1,5H2,2H3,(H,9,11)/b7-4+. The number of hydrogen-bond acceptors (Lipinski definition) is 2. The Morgan fingerprint density at radius 2 is 2.45 bits per heavy atom. The zero-order valence-corrected chi connectivity index (χ0v) is 6.58. The van der Waals surface area contributed by atoms with E-state index in [0.717, 1.165) is 5.57 Å². The second-order valence-electron chi connectivity index (χ2n) is 2.01. The Labute approximate surface area is 66.4 Å². The van der Waals surface area contributed by atoms with E-state index in [1.54, 1.807) is 12.2 Å². The molecule has 3 heteroatoms. The molecule has 0 aromatic heterocycles. The second kappa shape index (κ2) is 5.68. The number of allylic oxidation sites excluding steroid dienone is 1. The molecule has 0 radical (unpaired) electrons. The first kappa shape index (κ1) is 9.91. The molecule has 11 heavy (non-hydrogen) atoms. The first-order valence-corrected chi connectivity index (χ1v) is 3.39. The molecule has 0 heterocycles. The Hall–Kier alpha value is -1.09. The summed E-state index contributed by atoms with van der Waals surface area (Å²) in [5.74, 6) is 0. The minimum absolute atomic E-state index is 0.107. The maximum absolute atomic E-state index is 10.0. The summed E-state index contributed by atoms with van der Waals surface area (Å²) < 4.78 is 0. The highest BCUT2D eigenvalue weighted by molar-refractivity contribution is 5.48. The molecule has 0 spiro atoms. The number of aliphatic hydroxyl groups is 1. The van der Waals surface area contributed by atoms with Crippen molar-refractivity contribution < 1.29 is 9.90 Å². The number of aliphatic hydroxyl groups excluding tert-OH is 1. The average Bonchev–Trinajstić information content (AvgIpc) is 2.05. The van der Waals surface area contributed by atoms with E-state index in [1.165, 1.54) is 0 Å². The van der Waals surface area contributed by atoms with Crippen molar-refractivity contribution in [3.63, 3.8) is 0 Å². The molecule has 0 saturated carbocycles. The monoisotopic (exact) mass is 155 g/mol. The molecule has 2 N–H and O–H groups in total. The molecule has 0 aromatic rings. The molecular weight excluding hydrogens is 142 g/mol. The summed E-state index contributed by atoms with van der Waals surface area (Å²) in [4.78, 5) is 10.0. The van der Waals surface area contributed by atoms with Gasteiger partial charge in [0, 0.05) is 0 Å². The lowest BCUT2D eigenvalue weighted by Gasteiger charge is -2.13. The Balaban J connectivity index is 4.20. The van der Waals surface area contributed by atoms with E-state index >= 15 is 0 Å². The highest BCUT2D eigenvalue weighted by Crippen LogP contribution is 2.01. The third kappa shape index (κ3) is 3.00. The summed E-state index contributed by atoms with van der Waals surface area (Å²) in [6.07, 6.45) is 3.97. The van der Waals surface area contributed by atoms with Crippen LogP contribution >= 0.6 is 0 Å². The fourth-order valence-corrected chi connectivity index (χ4v) is 0.798. The van der Waals surface area contributed by atoms with Gasteiger partial charge >= 0.3 is 0 Å². The van der Waals surface area contributed by atoms with Gasteiger partial charge in [0.1, 0.15) is 0 Å². The van der Waals surface area contributed by atoms with Gasteiger partial charge in [0.2, 0.25) is 6.41 Å². The number of carbonyl (C=O) groups is 1. The van der Waals surface area contributed by atoms with Crippen LogP contribution in [0.1, 0.15) is 6.92 Å². The molecule has 3 nitrogen and oxygen atoms in total. The molecule has 0 saturated heterocycles. The lowest BCUT2D eigenvalue weighted by molar-refractivity contribution is -0.110. The SMILES string of the molecule is C=C/C(=C\C)C(CO)NC=O. The van der Waals surface area contributed by atoms with E-state index in [0.29, 0.717) is 6.41 Å². The van der Waals surface area contributed by atoms with Crippen LogP contribution in [-0.4, -0.2) is 24.2 Å². The van der Waals surface area contributed by atoms with Gasteiger partial charge in [0.15, 0.2) is 0 Å². The van der Waals surface area contributed by atoms with Gasteiger partial charge in [-0.05, 0) is 12.5 Å². The van der Waals surface area contributed by atoms with Gasteiger partial charge < -0.3 is 10.4 Å². The van der Waals surface area contributed by atoms with Crippen molar-refractivity contribution in [2.75, 3.05) is 6.61 Å². The van der Waals surface area contributed by atoms with Gasteiger partial charge in [-0.15, -0.1) is 0 Å².